The van der Waals surface area contributed by atoms with Crippen molar-refractivity contribution in [1.82, 2.24) is 4.90 Å². The molecule has 0 aliphatic carbocycles. The molecule has 0 aromatic rings. The van der Waals surface area contributed by atoms with E-state index in [0.717, 1.165) is 0 Å². The lowest BCUT2D eigenvalue weighted by Gasteiger charge is -2.24. The van der Waals surface area contributed by atoms with Gasteiger partial charge in [-0.2, -0.15) is 0 Å². The van der Waals surface area contributed by atoms with Crippen molar-refractivity contribution in [3.05, 3.63) is 0 Å². The van der Waals surface area contributed by atoms with Gasteiger partial charge in [-0.25, -0.2) is 0 Å². The number of hydrogen-bond donors (Lipinski definition) is 0. The van der Waals surface area contributed by atoms with Crippen molar-refractivity contribution in [3.63, 3.8) is 0 Å². The quantitative estimate of drug-likeness (QED) is 0.601. The molecule has 13 heavy (non-hydrogen) atoms. The van der Waals surface area contributed by atoms with Gasteiger partial charge in [0.1, 0.15) is 0 Å². The summed E-state index contributed by atoms with van der Waals surface area (Å²) in [6.45, 7) is 14.4. The smallest absolute Gasteiger partial charge is 0.00188 e. The van der Waals surface area contributed by atoms with E-state index in [0.29, 0.717) is 0 Å². The van der Waals surface area contributed by atoms with E-state index in [9.17, 15) is 0 Å². The molecule has 1 aliphatic rings. The molecule has 1 heteroatoms. The van der Waals surface area contributed by atoms with Gasteiger partial charge in [-0.15, -0.1) is 0 Å². The number of nitrogens with zero attached hydrogens (tertiary/aromatic N) is 1. The Hall–Kier alpha value is -0.0400. The lowest BCUT2D eigenvalue weighted by atomic mass is 10.1. The molecule has 1 nitrogen and oxygen atoms in total. The molecular formula is C12H29N. The molecule has 0 unspecified atom stereocenters. The zero-order valence-electron chi connectivity index (χ0n) is 10.4. The third kappa shape index (κ3) is 12.0. The molecular weight excluding hydrogens is 158 g/mol. The van der Waals surface area contributed by atoms with E-state index in [1.54, 1.807) is 0 Å². The van der Waals surface area contributed by atoms with Gasteiger partial charge in [-0.05, 0) is 32.5 Å². The van der Waals surface area contributed by atoms with E-state index < -0.39 is 0 Å². The zero-order valence-corrected chi connectivity index (χ0v) is 10.4. The highest BCUT2D eigenvalue weighted by molar-refractivity contribution is 4.61. The Morgan fingerprint density at radius 3 is 1.46 bits per heavy atom. The van der Waals surface area contributed by atoms with Gasteiger partial charge < -0.3 is 4.90 Å². The van der Waals surface area contributed by atoms with Crippen LogP contribution in [0.15, 0.2) is 0 Å². The highest BCUT2D eigenvalue weighted by Gasteiger charge is 2.05. The van der Waals surface area contributed by atoms with Crippen LogP contribution < -0.4 is 0 Å². The van der Waals surface area contributed by atoms with E-state index >= 15 is 0 Å². The third-order valence-corrected chi connectivity index (χ3v) is 1.90. The van der Waals surface area contributed by atoms with E-state index in [2.05, 4.69) is 25.7 Å². The highest BCUT2D eigenvalue weighted by atomic mass is 15.1. The zero-order chi connectivity index (χ0) is 10.5. The average Bonchev–Trinajstić information content (AvgIpc) is 2.23. The molecule has 1 aliphatic heterocycles. The first-order valence-corrected chi connectivity index (χ1v) is 6.07. The summed E-state index contributed by atoms with van der Waals surface area (Å²) in [6.07, 6.45) is 5.55. The average molecular weight is 187 g/mol. The minimum atomic E-state index is 1.25. The summed E-state index contributed by atoms with van der Waals surface area (Å²) in [5, 5.41) is 0. The molecule has 0 aromatic heterocycles. The molecule has 1 heterocycles. The van der Waals surface area contributed by atoms with Gasteiger partial charge in [0.25, 0.3) is 0 Å². The van der Waals surface area contributed by atoms with Gasteiger partial charge in [0.2, 0.25) is 0 Å². The Labute approximate surface area is 85.5 Å². The molecule has 0 atom stereocenters. The number of rotatable bonds is 1. The van der Waals surface area contributed by atoms with Crippen molar-refractivity contribution < 1.29 is 0 Å². The first-order chi connectivity index (χ1) is 6.35. The molecule has 0 bridgehead atoms. The van der Waals surface area contributed by atoms with Gasteiger partial charge in [-0.1, -0.05) is 47.5 Å². The van der Waals surface area contributed by atoms with Crippen LogP contribution in [0.25, 0.3) is 0 Å². The first kappa shape index (κ1) is 15.4. The minimum Gasteiger partial charge on any atom is -0.304 e. The maximum absolute atomic E-state index is 2.52. The molecule has 1 saturated heterocycles. The Kier molecular flexibility index (Phi) is 17.2. The summed E-state index contributed by atoms with van der Waals surface area (Å²) in [7, 11) is 0. The fraction of sp³-hybridized carbons (Fsp3) is 1.00. The molecule has 0 spiro atoms. The van der Waals surface area contributed by atoms with Gasteiger partial charge in [0.15, 0.2) is 0 Å². The Morgan fingerprint density at radius 2 is 1.23 bits per heavy atom. The highest BCUT2D eigenvalue weighted by Crippen LogP contribution is 2.06. The van der Waals surface area contributed by atoms with Crippen LogP contribution >= 0.6 is 0 Å². The molecule has 1 rings (SSSR count). The first-order valence-electron chi connectivity index (χ1n) is 6.07. The summed E-state index contributed by atoms with van der Waals surface area (Å²) in [5.41, 5.74) is 0. The standard InChI is InChI=1S/C7H15N.C3H8.C2H6/c1-2-8-6-4-3-5-7-8;1-3-2;1-2/h2-7H2,1H3;3H2,1-2H3;1-2H3. The van der Waals surface area contributed by atoms with Crippen molar-refractivity contribution >= 4 is 0 Å². The molecule has 0 radical (unpaired) electrons. The lowest BCUT2D eigenvalue weighted by Crippen LogP contribution is -2.29. The number of piperidine rings is 1. The predicted molar refractivity (Wildman–Crippen MR) is 63.3 cm³/mol. The van der Waals surface area contributed by atoms with E-state index in [4.69, 9.17) is 0 Å². The Balaban J connectivity index is 0. The summed E-state index contributed by atoms with van der Waals surface area (Å²) < 4.78 is 0. The van der Waals surface area contributed by atoms with Crippen molar-refractivity contribution in [3.8, 4) is 0 Å². The van der Waals surface area contributed by atoms with Gasteiger partial charge in [-0.3, -0.25) is 0 Å². The second-order valence-electron chi connectivity index (χ2n) is 3.20. The lowest BCUT2D eigenvalue weighted by molar-refractivity contribution is 0.240. The Morgan fingerprint density at radius 1 is 0.846 bits per heavy atom. The van der Waals surface area contributed by atoms with Crippen LogP contribution in [0, 0.1) is 0 Å². The molecule has 0 aromatic carbocycles. The fourth-order valence-electron chi connectivity index (χ4n) is 1.28. The topological polar surface area (TPSA) is 3.24 Å². The largest absolute Gasteiger partial charge is 0.304 e. The van der Waals surface area contributed by atoms with Crippen LogP contribution in [0.1, 0.15) is 60.3 Å². The summed E-state index contributed by atoms with van der Waals surface area (Å²) in [4.78, 5) is 2.52. The van der Waals surface area contributed by atoms with Crippen molar-refractivity contribution in [1.29, 1.82) is 0 Å². The second-order valence-corrected chi connectivity index (χ2v) is 3.20. The molecule has 0 N–H and O–H groups in total. The normalized spacial score (nSPS) is 16.4. The number of likely N-dealkylation sites (tertiary alicyclic amines) is 1. The molecule has 0 amide bonds. The van der Waals surface area contributed by atoms with Crippen LogP contribution in [-0.4, -0.2) is 24.5 Å². The van der Waals surface area contributed by atoms with Crippen LogP contribution in [0.4, 0.5) is 0 Å². The molecule has 0 saturated carbocycles. The van der Waals surface area contributed by atoms with Crippen LogP contribution in [0.2, 0.25) is 0 Å². The summed E-state index contributed by atoms with van der Waals surface area (Å²) in [6, 6.07) is 0. The van der Waals surface area contributed by atoms with Crippen molar-refractivity contribution in [2.24, 2.45) is 0 Å². The van der Waals surface area contributed by atoms with E-state index in [-0.39, 0.29) is 0 Å². The van der Waals surface area contributed by atoms with Crippen molar-refractivity contribution in [2.45, 2.75) is 60.3 Å². The maximum Gasteiger partial charge on any atom is -0.00188 e. The third-order valence-electron chi connectivity index (χ3n) is 1.90. The Bertz CT molecular complexity index is 65.5. The summed E-state index contributed by atoms with van der Waals surface area (Å²) in [5.74, 6) is 0. The second kappa shape index (κ2) is 14.5. The SMILES string of the molecule is CC.CCC.CCN1CCCCC1. The van der Waals surface area contributed by atoms with Gasteiger partial charge in [0, 0.05) is 0 Å². The minimum absolute atomic E-state index is 1.25. The molecule has 1 fully saturated rings. The van der Waals surface area contributed by atoms with Crippen LogP contribution in [0.3, 0.4) is 0 Å². The molecule has 82 valence electrons. The summed E-state index contributed by atoms with van der Waals surface area (Å²) >= 11 is 0. The monoisotopic (exact) mass is 187 g/mol. The van der Waals surface area contributed by atoms with Crippen LogP contribution in [0.5, 0.6) is 0 Å². The van der Waals surface area contributed by atoms with E-state index in [1.807, 2.05) is 13.8 Å². The van der Waals surface area contributed by atoms with E-state index in [1.165, 1.54) is 45.3 Å². The fourth-order valence-corrected chi connectivity index (χ4v) is 1.28. The predicted octanol–water partition coefficient (Wildman–Crippen LogP) is 3.93. The van der Waals surface area contributed by atoms with Gasteiger partial charge >= 0.3 is 0 Å². The van der Waals surface area contributed by atoms with Gasteiger partial charge in [0.05, 0.1) is 0 Å². The maximum atomic E-state index is 2.52. The van der Waals surface area contributed by atoms with Crippen molar-refractivity contribution in [2.75, 3.05) is 19.6 Å². The van der Waals surface area contributed by atoms with Crippen LogP contribution in [-0.2, 0) is 0 Å². The number of hydrogen-bond acceptors (Lipinski definition) is 1.